The molecule has 0 aliphatic heterocycles. The van der Waals surface area contributed by atoms with Crippen molar-refractivity contribution >= 4 is 47.5 Å². The average molecular weight is 431 g/mol. The standard InChI is InChI=1S/C10H10ClN3O.C10H10FN3O/c11-8-4-1-7(2-5-8)3-6-9(15)14-10(12)13;11-8-4-2-1-3-7(8)5-6-9(15)14-10(12)13/h2*1-6H,(H4,12,13,14,15)/b6-3+;6-5+. The Morgan fingerprint density at radius 2 is 1.37 bits per heavy atom. The van der Waals surface area contributed by atoms with Gasteiger partial charge in [-0.2, -0.15) is 0 Å². The number of carbonyl (C=O) groups excluding carboxylic acids is 2. The van der Waals surface area contributed by atoms with E-state index in [1.165, 1.54) is 24.3 Å². The van der Waals surface area contributed by atoms with Crippen LogP contribution in [0, 0.1) is 16.6 Å². The highest BCUT2D eigenvalue weighted by atomic mass is 35.5. The molecule has 0 aliphatic rings. The molecule has 2 aromatic carbocycles. The van der Waals surface area contributed by atoms with E-state index in [4.69, 9.17) is 33.9 Å². The van der Waals surface area contributed by atoms with Crippen molar-refractivity contribution in [3.63, 3.8) is 0 Å². The number of nitrogens with two attached hydrogens (primary N) is 2. The maximum Gasteiger partial charge on any atom is 0.250 e. The molecule has 0 aromatic heterocycles. The molecular weight excluding hydrogens is 411 g/mol. The number of rotatable bonds is 4. The molecule has 0 saturated heterocycles. The first-order chi connectivity index (χ1) is 14.2. The summed E-state index contributed by atoms with van der Waals surface area (Å²) in [7, 11) is 0. The van der Waals surface area contributed by atoms with E-state index in [9.17, 15) is 14.0 Å². The maximum absolute atomic E-state index is 13.1. The zero-order valence-electron chi connectivity index (χ0n) is 15.7. The smallest absolute Gasteiger partial charge is 0.250 e. The number of amides is 2. The van der Waals surface area contributed by atoms with Gasteiger partial charge in [0.25, 0.3) is 11.8 Å². The van der Waals surface area contributed by atoms with Crippen molar-refractivity contribution in [3.05, 3.63) is 82.6 Å². The summed E-state index contributed by atoms with van der Waals surface area (Å²) in [5.74, 6) is -2.23. The molecule has 0 saturated carbocycles. The number of guanidine groups is 2. The SMILES string of the molecule is N=C(N)NC(=O)/C=C/c1ccc(Cl)cc1.N=C(N)NC(=O)/C=C/c1ccccc1F. The van der Waals surface area contributed by atoms with Gasteiger partial charge in [-0.1, -0.05) is 41.9 Å². The fraction of sp³-hybridized carbons (Fsp3) is 0. The van der Waals surface area contributed by atoms with Gasteiger partial charge in [-0.3, -0.25) is 31.0 Å². The Hall–Kier alpha value is -3.98. The fourth-order valence-electron chi connectivity index (χ4n) is 1.87. The number of nitrogens with one attached hydrogen (secondary N) is 4. The lowest BCUT2D eigenvalue weighted by atomic mass is 10.2. The van der Waals surface area contributed by atoms with Gasteiger partial charge < -0.3 is 11.5 Å². The van der Waals surface area contributed by atoms with Gasteiger partial charge in [0.05, 0.1) is 0 Å². The number of hydrogen-bond acceptors (Lipinski definition) is 4. The Labute approximate surface area is 177 Å². The van der Waals surface area contributed by atoms with E-state index in [2.05, 4.69) is 5.32 Å². The van der Waals surface area contributed by atoms with Crippen LogP contribution in [0.3, 0.4) is 0 Å². The summed E-state index contributed by atoms with van der Waals surface area (Å²) in [5, 5.41) is 18.4. The lowest BCUT2D eigenvalue weighted by Crippen LogP contribution is -2.34. The van der Waals surface area contributed by atoms with Crippen LogP contribution < -0.4 is 22.1 Å². The lowest BCUT2D eigenvalue weighted by Gasteiger charge is -1.97. The predicted octanol–water partition coefficient (Wildman–Crippen LogP) is 2.21. The zero-order valence-corrected chi connectivity index (χ0v) is 16.4. The molecule has 0 spiro atoms. The van der Waals surface area contributed by atoms with Crippen molar-refractivity contribution in [2.24, 2.45) is 11.5 Å². The van der Waals surface area contributed by atoms with Crippen LogP contribution in [0.5, 0.6) is 0 Å². The van der Waals surface area contributed by atoms with E-state index in [1.807, 2.05) is 5.32 Å². The number of halogens is 2. The van der Waals surface area contributed by atoms with E-state index in [1.54, 1.807) is 42.5 Å². The summed E-state index contributed by atoms with van der Waals surface area (Å²) < 4.78 is 13.1. The van der Waals surface area contributed by atoms with Crippen LogP contribution in [0.15, 0.2) is 60.7 Å². The summed E-state index contributed by atoms with van der Waals surface area (Å²) >= 11 is 5.70. The molecule has 0 heterocycles. The quantitative estimate of drug-likeness (QED) is 0.249. The van der Waals surface area contributed by atoms with Crippen LogP contribution in [-0.4, -0.2) is 23.7 Å². The number of hydrogen-bond donors (Lipinski definition) is 6. The molecule has 0 bridgehead atoms. The first kappa shape index (κ1) is 24.1. The molecule has 156 valence electrons. The van der Waals surface area contributed by atoms with Crippen molar-refractivity contribution in [1.29, 1.82) is 10.8 Å². The predicted molar refractivity (Wildman–Crippen MR) is 116 cm³/mol. The van der Waals surface area contributed by atoms with Gasteiger partial charge in [0.2, 0.25) is 0 Å². The summed E-state index contributed by atoms with van der Waals surface area (Å²) in [4.78, 5) is 22.0. The van der Waals surface area contributed by atoms with Gasteiger partial charge in [0, 0.05) is 22.7 Å². The van der Waals surface area contributed by atoms with Crippen molar-refractivity contribution in [3.8, 4) is 0 Å². The second kappa shape index (κ2) is 12.5. The first-order valence-electron chi connectivity index (χ1n) is 8.33. The van der Waals surface area contributed by atoms with Gasteiger partial charge >= 0.3 is 0 Å². The van der Waals surface area contributed by atoms with Crippen LogP contribution in [0.2, 0.25) is 5.02 Å². The van der Waals surface area contributed by atoms with Gasteiger partial charge in [-0.25, -0.2) is 4.39 Å². The fourth-order valence-corrected chi connectivity index (χ4v) is 2.00. The molecule has 0 radical (unpaired) electrons. The Balaban J connectivity index is 0.000000300. The highest BCUT2D eigenvalue weighted by Gasteiger charge is 1.98. The van der Waals surface area contributed by atoms with E-state index in [-0.39, 0.29) is 5.96 Å². The van der Waals surface area contributed by atoms with Gasteiger partial charge in [0.15, 0.2) is 11.9 Å². The van der Waals surface area contributed by atoms with Crippen LogP contribution in [0.25, 0.3) is 12.2 Å². The third kappa shape index (κ3) is 10.4. The minimum atomic E-state index is -0.564. The molecule has 30 heavy (non-hydrogen) atoms. The van der Waals surface area contributed by atoms with E-state index >= 15 is 0 Å². The average Bonchev–Trinajstić information content (AvgIpc) is 2.66. The molecule has 2 aromatic rings. The summed E-state index contributed by atoms with van der Waals surface area (Å²) in [5.41, 5.74) is 11.1. The topological polar surface area (TPSA) is 158 Å². The van der Waals surface area contributed by atoms with Gasteiger partial charge in [0.1, 0.15) is 5.82 Å². The normalized spacial score (nSPS) is 10.2. The largest absolute Gasteiger partial charge is 0.370 e. The molecule has 0 aliphatic carbocycles. The Morgan fingerprint density at radius 3 is 1.87 bits per heavy atom. The summed E-state index contributed by atoms with van der Waals surface area (Å²) in [6.07, 6.45) is 5.33. The summed E-state index contributed by atoms with van der Waals surface area (Å²) in [6.45, 7) is 0. The third-order valence-corrected chi connectivity index (χ3v) is 3.38. The van der Waals surface area contributed by atoms with E-state index < -0.39 is 23.6 Å². The summed E-state index contributed by atoms with van der Waals surface area (Å²) in [6, 6.07) is 13.1. The van der Waals surface area contributed by atoms with Crippen molar-refractivity contribution in [1.82, 2.24) is 10.6 Å². The molecule has 8 nitrogen and oxygen atoms in total. The first-order valence-corrected chi connectivity index (χ1v) is 8.71. The van der Waals surface area contributed by atoms with Crippen LogP contribution in [0.4, 0.5) is 4.39 Å². The Kier molecular flexibility index (Phi) is 10.0. The Morgan fingerprint density at radius 1 is 0.867 bits per heavy atom. The van der Waals surface area contributed by atoms with Gasteiger partial charge in [-0.15, -0.1) is 0 Å². The second-order valence-electron chi connectivity index (χ2n) is 5.55. The van der Waals surface area contributed by atoms with Crippen molar-refractivity contribution in [2.45, 2.75) is 0 Å². The van der Waals surface area contributed by atoms with Crippen LogP contribution >= 0.6 is 11.6 Å². The molecule has 10 heteroatoms. The monoisotopic (exact) mass is 430 g/mol. The van der Waals surface area contributed by atoms with E-state index in [0.29, 0.717) is 10.6 Å². The minimum Gasteiger partial charge on any atom is -0.370 e. The van der Waals surface area contributed by atoms with Crippen molar-refractivity contribution < 1.29 is 14.0 Å². The molecule has 0 unspecified atom stereocenters. The number of benzene rings is 2. The molecule has 0 atom stereocenters. The lowest BCUT2D eigenvalue weighted by molar-refractivity contribution is -0.116. The molecular formula is C20H20ClFN6O2. The molecule has 2 amide bonds. The third-order valence-electron chi connectivity index (χ3n) is 3.13. The maximum atomic E-state index is 13.1. The molecule has 8 N–H and O–H groups in total. The second-order valence-corrected chi connectivity index (χ2v) is 5.98. The number of carbonyl (C=O) groups is 2. The Bertz CT molecular complexity index is 974. The zero-order chi connectivity index (χ0) is 22.5. The van der Waals surface area contributed by atoms with E-state index in [0.717, 1.165) is 11.6 Å². The minimum absolute atomic E-state index is 0.302. The van der Waals surface area contributed by atoms with Gasteiger partial charge in [-0.05, 0) is 35.9 Å². The highest BCUT2D eigenvalue weighted by molar-refractivity contribution is 6.30. The van der Waals surface area contributed by atoms with Crippen LogP contribution in [0.1, 0.15) is 11.1 Å². The molecule has 2 rings (SSSR count). The molecule has 0 fully saturated rings. The van der Waals surface area contributed by atoms with Crippen LogP contribution in [-0.2, 0) is 9.59 Å². The van der Waals surface area contributed by atoms with Crippen molar-refractivity contribution in [2.75, 3.05) is 0 Å². The highest BCUT2D eigenvalue weighted by Crippen LogP contribution is 2.10.